The fraction of sp³-hybridized carbons (Fsp3) is 0. The molecule has 2 aromatic carbocycles. The Morgan fingerprint density at radius 1 is 0.941 bits per heavy atom. The Kier molecular flexibility index (Phi) is 4.45. The molecule has 0 atom stereocenters. The zero-order valence-corrected chi connectivity index (χ0v) is 12.6. The molecule has 84 valence electrons. The van der Waals surface area contributed by atoms with Gasteiger partial charge in [0, 0.05) is 24.6 Å². The second-order valence-corrected chi connectivity index (χ2v) is 5.58. The third-order valence-corrected chi connectivity index (χ3v) is 3.98. The second kappa shape index (κ2) is 5.87. The Bertz CT molecular complexity index is 702. The SMILES string of the molecule is Brc1ccc2sc3ccccc3c2c1.[O]=[Ti]=[O]. The Morgan fingerprint density at radius 2 is 1.59 bits per heavy atom. The molecule has 0 aliphatic rings. The van der Waals surface area contributed by atoms with E-state index in [0.717, 1.165) is 4.47 Å². The van der Waals surface area contributed by atoms with Gasteiger partial charge in [-0.3, -0.25) is 0 Å². The molecule has 17 heavy (non-hydrogen) atoms. The minimum atomic E-state index is -2.00. The van der Waals surface area contributed by atoms with Gasteiger partial charge in [-0.05, 0) is 24.3 Å². The summed E-state index contributed by atoms with van der Waals surface area (Å²) in [6, 6.07) is 15.0. The Labute approximate surface area is 119 Å². The van der Waals surface area contributed by atoms with Crippen LogP contribution >= 0.6 is 27.3 Å². The molecular formula is C12H7BrO2STi. The van der Waals surface area contributed by atoms with Gasteiger partial charge in [0.2, 0.25) is 0 Å². The van der Waals surface area contributed by atoms with E-state index < -0.39 is 19.1 Å². The van der Waals surface area contributed by atoms with Crippen LogP contribution in [0.25, 0.3) is 20.2 Å². The van der Waals surface area contributed by atoms with Gasteiger partial charge in [-0.25, -0.2) is 0 Å². The molecule has 0 fully saturated rings. The van der Waals surface area contributed by atoms with E-state index in [1.54, 1.807) is 0 Å². The van der Waals surface area contributed by atoms with E-state index in [1.165, 1.54) is 20.2 Å². The zero-order chi connectivity index (χ0) is 12.3. The molecule has 0 saturated heterocycles. The summed E-state index contributed by atoms with van der Waals surface area (Å²) in [5, 5.41) is 2.70. The van der Waals surface area contributed by atoms with Gasteiger partial charge in [0.05, 0.1) is 0 Å². The van der Waals surface area contributed by atoms with Crippen LogP contribution in [0.15, 0.2) is 46.9 Å². The van der Waals surface area contributed by atoms with E-state index in [1.807, 2.05) is 11.3 Å². The number of hydrogen-bond acceptors (Lipinski definition) is 3. The van der Waals surface area contributed by atoms with Gasteiger partial charge < -0.3 is 0 Å². The third-order valence-electron chi connectivity index (χ3n) is 2.34. The Hall–Kier alpha value is -0.546. The summed E-state index contributed by atoms with van der Waals surface area (Å²) in [4.78, 5) is 0. The predicted octanol–water partition coefficient (Wildman–Crippen LogP) is 4.58. The molecule has 5 heteroatoms. The standard InChI is InChI=1S/C12H7BrS.2O.Ti/c13-8-5-6-12-10(7-8)9-3-1-2-4-11(9)14-12;;;/h1-7H;;;. The first-order valence-corrected chi connectivity index (χ1v) is 7.71. The van der Waals surface area contributed by atoms with Crippen LogP contribution in [0.4, 0.5) is 0 Å². The van der Waals surface area contributed by atoms with Crippen LogP contribution in [-0.2, 0) is 25.7 Å². The molecule has 0 spiro atoms. The average molecular weight is 343 g/mol. The molecule has 3 rings (SSSR count). The molecule has 0 unspecified atom stereocenters. The van der Waals surface area contributed by atoms with Gasteiger partial charge in [-0.15, -0.1) is 11.3 Å². The molecule has 3 aromatic rings. The Morgan fingerprint density at radius 3 is 2.35 bits per heavy atom. The van der Waals surface area contributed by atoms with Crippen LogP contribution in [0.5, 0.6) is 0 Å². The zero-order valence-electron chi connectivity index (χ0n) is 8.64. The van der Waals surface area contributed by atoms with E-state index in [4.69, 9.17) is 6.65 Å². The maximum atomic E-state index is 8.50. The van der Waals surface area contributed by atoms with E-state index >= 15 is 0 Å². The molecule has 0 N–H and O–H groups in total. The van der Waals surface area contributed by atoms with Crippen molar-refractivity contribution in [2.75, 3.05) is 0 Å². The number of fused-ring (bicyclic) bond motifs is 3. The van der Waals surface area contributed by atoms with Crippen molar-refractivity contribution >= 4 is 47.4 Å². The first-order valence-electron chi connectivity index (χ1n) is 4.82. The fourth-order valence-corrected chi connectivity index (χ4v) is 3.15. The van der Waals surface area contributed by atoms with Gasteiger partial charge in [-0.2, -0.15) is 0 Å². The number of benzene rings is 2. The van der Waals surface area contributed by atoms with Crippen molar-refractivity contribution in [3.63, 3.8) is 0 Å². The van der Waals surface area contributed by atoms with Gasteiger partial charge in [0.1, 0.15) is 0 Å². The Balaban J connectivity index is 0.000000329. The van der Waals surface area contributed by atoms with Crippen molar-refractivity contribution in [2.24, 2.45) is 0 Å². The van der Waals surface area contributed by atoms with Crippen LogP contribution < -0.4 is 0 Å². The third kappa shape index (κ3) is 2.83. The quantitative estimate of drug-likeness (QED) is 0.560. The summed E-state index contributed by atoms with van der Waals surface area (Å²) in [5.41, 5.74) is 0. The molecule has 1 heterocycles. The average Bonchev–Trinajstić information content (AvgIpc) is 2.68. The molecular weight excluding hydrogens is 336 g/mol. The first kappa shape index (κ1) is 12.9. The number of rotatable bonds is 0. The van der Waals surface area contributed by atoms with Crippen LogP contribution in [0.3, 0.4) is 0 Å². The molecule has 0 aliphatic heterocycles. The number of hydrogen-bond donors (Lipinski definition) is 0. The topological polar surface area (TPSA) is 34.1 Å². The second-order valence-electron chi connectivity index (χ2n) is 3.32. The van der Waals surface area contributed by atoms with E-state index in [2.05, 4.69) is 58.4 Å². The normalized spacial score (nSPS) is 9.71. The van der Waals surface area contributed by atoms with Gasteiger partial charge in [0.15, 0.2) is 0 Å². The van der Waals surface area contributed by atoms with Crippen LogP contribution in [0.1, 0.15) is 0 Å². The van der Waals surface area contributed by atoms with Crippen molar-refractivity contribution in [2.45, 2.75) is 0 Å². The summed E-state index contributed by atoms with van der Waals surface area (Å²) in [6.07, 6.45) is 0. The molecule has 0 aliphatic carbocycles. The van der Waals surface area contributed by atoms with Gasteiger partial charge >= 0.3 is 25.7 Å². The predicted molar refractivity (Wildman–Crippen MR) is 68.4 cm³/mol. The molecule has 0 amide bonds. The molecule has 2 nitrogen and oxygen atoms in total. The van der Waals surface area contributed by atoms with Crippen molar-refractivity contribution in [3.05, 3.63) is 46.9 Å². The van der Waals surface area contributed by atoms with Crippen LogP contribution in [-0.4, -0.2) is 0 Å². The first-order chi connectivity index (χ1) is 8.26. The van der Waals surface area contributed by atoms with E-state index in [0.29, 0.717) is 0 Å². The summed E-state index contributed by atoms with van der Waals surface area (Å²) in [7, 11) is 0. The van der Waals surface area contributed by atoms with E-state index in [-0.39, 0.29) is 0 Å². The van der Waals surface area contributed by atoms with Gasteiger partial charge in [0.25, 0.3) is 0 Å². The van der Waals surface area contributed by atoms with Crippen molar-refractivity contribution in [3.8, 4) is 0 Å². The maximum absolute atomic E-state index is 8.50. The van der Waals surface area contributed by atoms with Crippen molar-refractivity contribution < 1.29 is 25.7 Å². The van der Waals surface area contributed by atoms with E-state index in [9.17, 15) is 0 Å². The van der Waals surface area contributed by atoms with Crippen LogP contribution in [0.2, 0.25) is 0 Å². The number of halogens is 1. The molecule has 0 radical (unpaired) electrons. The summed E-state index contributed by atoms with van der Waals surface area (Å²) in [5.74, 6) is 0. The summed E-state index contributed by atoms with van der Waals surface area (Å²) >= 11 is 3.36. The van der Waals surface area contributed by atoms with Crippen LogP contribution in [0, 0.1) is 0 Å². The number of thiophene rings is 1. The van der Waals surface area contributed by atoms with Gasteiger partial charge in [-0.1, -0.05) is 34.1 Å². The fourth-order valence-electron chi connectivity index (χ4n) is 1.70. The monoisotopic (exact) mass is 342 g/mol. The summed E-state index contributed by atoms with van der Waals surface area (Å²) < 4.78 is 20.9. The summed E-state index contributed by atoms with van der Waals surface area (Å²) in [6.45, 7) is 0. The van der Waals surface area contributed by atoms with Crippen molar-refractivity contribution in [1.82, 2.24) is 0 Å². The van der Waals surface area contributed by atoms with Crippen molar-refractivity contribution in [1.29, 1.82) is 0 Å². The molecule has 1 aromatic heterocycles. The molecule has 0 bridgehead atoms. The minimum absolute atomic E-state index is 1.15. The molecule has 0 saturated carbocycles.